The van der Waals surface area contributed by atoms with Gasteiger partial charge in [-0.3, -0.25) is 4.90 Å². The standard InChI is InChI=1S/C15H30N4O2/c1-11(2)10-19(7-8-20-5)13(9-16)14-12(3)17-18(4)15(14)21-6/h11,13H,7-10,16H2,1-6H3. The number of methoxy groups -OCH3 is 2. The predicted octanol–water partition coefficient (Wildman–Crippen LogP) is 1.34. The van der Waals surface area contributed by atoms with Crippen LogP contribution in [0.25, 0.3) is 0 Å². The first-order chi connectivity index (χ1) is 9.96. The Labute approximate surface area is 128 Å². The van der Waals surface area contributed by atoms with Crippen LogP contribution < -0.4 is 10.5 Å². The summed E-state index contributed by atoms with van der Waals surface area (Å²) >= 11 is 0. The molecule has 0 radical (unpaired) electrons. The van der Waals surface area contributed by atoms with Gasteiger partial charge in [-0.25, -0.2) is 4.68 Å². The van der Waals surface area contributed by atoms with E-state index >= 15 is 0 Å². The molecule has 0 spiro atoms. The van der Waals surface area contributed by atoms with Gasteiger partial charge < -0.3 is 15.2 Å². The van der Waals surface area contributed by atoms with E-state index in [4.69, 9.17) is 15.2 Å². The SMILES string of the molecule is COCCN(CC(C)C)C(CN)c1c(C)nn(C)c1OC. The van der Waals surface area contributed by atoms with E-state index in [0.717, 1.165) is 30.2 Å². The molecule has 6 heteroatoms. The predicted molar refractivity (Wildman–Crippen MR) is 84.6 cm³/mol. The molecule has 21 heavy (non-hydrogen) atoms. The second-order valence-corrected chi connectivity index (χ2v) is 5.77. The van der Waals surface area contributed by atoms with E-state index in [1.165, 1.54) is 0 Å². The maximum Gasteiger partial charge on any atom is 0.216 e. The molecule has 0 aliphatic carbocycles. The third kappa shape index (κ3) is 4.43. The van der Waals surface area contributed by atoms with Crippen molar-refractivity contribution in [3.8, 4) is 5.88 Å². The van der Waals surface area contributed by atoms with Crippen molar-refractivity contribution in [3.05, 3.63) is 11.3 Å². The molecule has 1 aromatic rings. The number of hydrogen-bond acceptors (Lipinski definition) is 5. The molecule has 1 heterocycles. The molecule has 0 fully saturated rings. The van der Waals surface area contributed by atoms with Crippen LogP contribution in [0.15, 0.2) is 0 Å². The van der Waals surface area contributed by atoms with Crippen LogP contribution in [0.3, 0.4) is 0 Å². The maximum atomic E-state index is 6.08. The van der Waals surface area contributed by atoms with E-state index in [2.05, 4.69) is 23.8 Å². The van der Waals surface area contributed by atoms with Crippen molar-refractivity contribution >= 4 is 0 Å². The Balaban J connectivity index is 3.12. The van der Waals surface area contributed by atoms with Gasteiger partial charge >= 0.3 is 0 Å². The molecule has 1 atom stereocenters. The molecule has 1 rings (SSSR count). The van der Waals surface area contributed by atoms with E-state index in [1.54, 1.807) is 18.9 Å². The molecule has 122 valence electrons. The number of nitrogens with zero attached hydrogens (tertiary/aromatic N) is 3. The zero-order valence-corrected chi connectivity index (χ0v) is 14.2. The highest BCUT2D eigenvalue weighted by molar-refractivity contribution is 5.34. The quantitative estimate of drug-likeness (QED) is 0.745. The van der Waals surface area contributed by atoms with Crippen LogP contribution in [0.5, 0.6) is 5.88 Å². The Bertz CT molecular complexity index is 432. The van der Waals surface area contributed by atoms with Crippen LogP contribution in [0.2, 0.25) is 0 Å². The van der Waals surface area contributed by atoms with E-state index in [-0.39, 0.29) is 6.04 Å². The summed E-state index contributed by atoms with van der Waals surface area (Å²) in [5, 5.41) is 4.47. The van der Waals surface area contributed by atoms with Crippen LogP contribution in [0.4, 0.5) is 0 Å². The molecule has 0 amide bonds. The monoisotopic (exact) mass is 298 g/mol. The first-order valence-corrected chi connectivity index (χ1v) is 7.46. The highest BCUT2D eigenvalue weighted by atomic mass is 16.5. The number of aryl methyl sites for hydroxylation is 2. The molecule has 6 nitrogen and oxygen atoms in total. The van der Waals surface area contributed by atoms with Crippen molar-refractivity contribution in [1.82, 2.24) is 14.7 Å². The van der Waals surface area contributed by atoms with Gasteiger partial charge in [-0.1, -0.05) is 13.8 Å². The van der Waals surface area contributed by atoms with E-state index in [9.17, 15) is 0 Å². The summed E-state index contributed by atoms with van der Waals surface area (Å²) in [6.07, 6.45) is 0. The van der Waals surface area contributed by atoms with Crippen molar-refractivity contribution in [2.24, 2.45) is 18.7 Å². The average molecular weight is 298 g/mol. The van der Waals surface area contributed by atoms with Crippen molar-refractivity contribution in [3.63, 3.8) is 0 Å². The largest absolute Gasteiger partial charge is 0.481 e. The first kappa shape index (κ1) is 17.9. The molecule has 0 saturated carbocycles. The van der Waals surface area contributed by atoms with Crippen molar-refractivity contribution in [2.75, 3.05) is 40.5 Å². The molecule has 1 unspecified atom stereocenters. The van der Waals surface area contributed by atoms with Crippen molar-refractivity contribution in [1.29, 1.82) is 0 Å². The molecule has 0 aliphatic rings. The smallest absolute Gasteiger partial charge is 0.216 e. The van der Waals surface area contributed by atoms with Gasteiger partial charge in [0.2, 0.25) is 5.88 Å². The van der Waals surface area contributed by atoms with Crippen LogP contribution in [-0.2, 0) is 11.8 Å². The fraction of sp³-hybridized carbons (Fsp3) is 0.800. The molecule has 0 aromatic carbocycles. The van der Waals surface area contributed by atoms with Gasteiger partial charge in [-0.15, -0.1) is 0 Å². The lowest BCUT2D eigenvalue weighted by molar-refractivity contribution is 0.110. The van der Waals surface area contributed by atoms with E-state index < -0.39 is 0 Å². The van der Waals surface area contributed by atoms with Gasteiger partial charge in [0, 0.05) is 33.8 Å². The second-order valence-electron chi connectivity index (χ2n) is 5.77. The van der Waals surface area contributed by atoms with Crippen LogP contribution in [0.1, 0.15) is 31.1 Å². The topological polar surface area (TPSA) is 65.5 Å². The Morgan fingerprint density at radius 3 is 2.48 bits per heavy atom. The Kier molecular flexibility index (Phi) is 7.14. The second kappa shape index (κ2) is 8.36. The summed E-state index contributed by atoms with van der Waals surface area (Å²) in [7, 11) is 5.29. The first-order valence-electron chi connectivity index (χ1n) is 7.46. The van der Waals surface area contributed by atoms with Crippen molar-refractivity contribution in [2.45, 2.75) is 26.8 Å². The summed E-state index contributed by atoms with van der Waals surface area (Å²) in [5.74, 6) is 1.34. The maximum absolute atomic E-state index is 6.08. The highest BCUT2D eigenvalue weighted by Gasteiger charge is 2.27. The number of ether oxygens (including phenoxy) is 2. The Morgan fingerprint density at radius 2 is 2.00 bits per heavy atom. The minimum absolute atomic E-state index is 0.0891. The Hall–Kier alpha value is -1.11. The Morgan fingerprint density at radius 1 is 1.33 bits per heavy atom. The molecular weight excluding hydrogens is 268 g/mol. The minimum atomic E-state index is 0.0891. The van der Waals surface area contributed by atoms with Crippen LogP contribution in [0, 0.1) is 12.8 Å². The number of hydrogen-bond donors (Lipinski definition) is 1. The lowest BCUT2D eigenvalue weighted by Gasteiger charge is -2.32. The van der Waals surface area contributed by atoms with Crippen molar-refractivity contribution < 1.29 is 9.47 Å². The lowest BCUT2D eigenvalue weighted by Crippen LogP contribution is -2.38. The summed E-state index contributed by atoms with van der Waals surface area (Å²) in [5.41, 5.74) is 8.13. The fourth-order valence-electron chi connectivity index (χ4n) is 2.78. The average Bonchev–Trinajstić information content (AvgIpc) is 2.70. The van der Waals surface area contributed by atoms with Gasteiger partial charge in [0.15, 0.2) is 0 Å². The molecule has 0 bridgehead atoms. The lowest BCUT2D eigenvalue weighted by atomic mass is 10.0. The van der Waals surface area contributed by atoms with Gasteiger partial charge in [-0.05, 0) is 12.8 Å². The zero-order chi connectivity index (χ0) is 16.0. The summed E-state index contributed by atoms with van der Waals surface area (Å²) in [6, 6.07) is 0.0891. The number of rotatable bonds is 9. The molecule has 0 saturated heterocycles. The molecule has 2 N–H and O–H groups in total. The number of nitrogens with two attached hydrogens (primary N) is 1. The summed E-state index contributed by atoms with van der Waals surface area (Å²) in [4.78, 5) is 2.36. The van der Waals surface area contributed by atoms with E-state index in [1.807, 2.05) is 14.0 Å². The molecular formula is C15H30N4O2. The van der Waals surface area contributed by atoms with E-state index in [0.29, 0.717) is 19.1 Å². The van der Waals surface area contributed by atoms with Gasteiger partial charge in [0.05, 0.1) is 31.0 Å². The minimum Gasteiger partial charge on any atom is -0.481 e. The normalized spacial score (nSPS) is 13.2. The summed E-state index contributed by atoms with van der Waals surface area (Å²) in [6.45, 7) is 9.44. The van der Waals surface area contributed by atoms with Gasteiger partial charge in [0.25, 0.3) is 0 Å². The fourth-order valence-corrected chi connectivity index (χ4v) is 2.78. The highest BCUT2D eigenvalue weighted by Crippen LogP contribution is 2.31. The van der Waals surface area contributed by atoms with Gasteiger partial charge in [-0.2, -0.15) is 5.10 Å². The van der Waals surface area contributed by atoms with Gasteiger partial charge in [0.1, 0.15) is 0 Å². The molecule has 0 aliphatic heterocycles. The third-order valence-corrected chi connectivity index (χ3v) is 3.59. The van der Waals surface area contributed by atoms with Crippen LogP contribution >= 0.6 is 0 Å². The zero-order valence-electron chi connectivity index (χ0n) is 14.2. The third-order valence-electron chi connectivity index (χ3n) is 3.59. The van der Waals surface area contributed by atoms with Crippen LogP contribution in [-0.4, -0.2) is 55.1 Å². The number of aromatic nitrogens is 2. The summed E-state index contributed by atoms with van der Waals surface area (Å²) < 4.78 is 12.5. The molecule has 1 aromatic heterocycles.